The van der Waals surface area contributed by atoms with E-state index in [0.717, 1.165) is 51.3 Å². The molecular weight excluding hydrogens is 504 g/mol. The van der Waals surface area contributed by atoms with Crippen molar-refractivity contribution >= 4 is 23.6 Å². The molecule has 0 bridgehead atoms. The molecule has 8 heteroatoms. The van der Waals surface area contributed by atoms with Crippen LogP contribution in [-0.4, -0.2) is 77.9 Å². The van der Waals surface area contributed by atoms with Crippen molar-refractivity contribution in [2.24, 2.45) is 0 Å². The number of unbranched alkanes of at least 4 members (excludes halogenated alkanes) is 12. The van der Waals surface area contributed by atoms with Gasteiger partial charge in [-0.15, -0.1) is 0 Å². The number of esters is 1. The molecule has 1 atom stereocenters. The van der Waals surface area contributed by atoms with Crippen molar-refractivity contribution in [2.75, 3.05) is 44.2 Å². The largest absolute Gasteiger partial charge is 0.459 e. The number of piperazine rings is 1. The molecular formula is C32H52N4O4. The zero-order chi connectivity index (χ0) is 28.4. The molecule has 0 aliphatic carbocycles. The third kappa shape index (κ3) is 11.9. The lowest BCUT2D eigenvalue weighted by molar-refractivity contribution is -0.155. The second-order valence-corrected chi connectivity index (χ2v) is 11.5. The number of pyridine rings is 1. The van der Waals surface area contributed by atoms with Gasteiger partial charge in [0.1, 0.15) is 11.9 Å². The minimum atomic E-state index is -0.498. The average Bonchev–Trinajstić information content (AvgIpc) is 3.28. The Kier molecular flexibility index (Phi) is 15.1. The first kappa shape index (κ1) is 32.0. The van der Waals surface area contributed by atoms with E-state index in [-0.39, 0.29) is 37.2 Å². The number of imide groups is 1. The van der Waals surface area contributed by atoms with Crippen molar-refractivity contribution in [1.82, 2.24) is 14.8 Å². The number of hydrogen-bond acceptors (Lipinski definition) is 7. The summed E-state index contributed by atoms with van der Waals surface area (Å²) in [5.74, 6) is 0.417. The van der Waals surface area contributed by atoms with E-state index in [1.165, 1.54) is 69.1 Å². The molecule has 8 nitrogen and oxygen atoms in total. The predicted octanol–water partition coefficient (Wildman–Crippen LogP) is 5.75. The van der Waals surface area contributed by atoms with Gasteiger partial charge in [-0.1, -0.05) is 90.0 Å². The van der Waals surface area contributed by atoms with Gasteiger partial charge in [0.2, 0.25) is 11.8 Å². The van der Waals surface area contributed by atoms with Gasteiger partial charge in [-0.25, -0.2) is 4.98 Å². The van der Waals surface area contributed by atoms with E-state index in [4.69, 9.17) is 4.74 Å². The van der Waals surface area contributed by atoms with Gasteiger partial charge in [-0.05, 0) is 18.6 Å². The van der Waals surface area contributed by atoms with Gasteiger partial charge in [0.25, 0.3) is 0 Å². The monoisotopic (exact) mass is 556 g/mol. The molecule has 224 valence electrons. The molecule has 2 aliphatic heterocycles. The number of carbonyl (C=O) groups excluding carboxylic acids is 3. The van der Waals surface area contributed by atoms with Crippen LogP contribution in [0.2, 0.25) is 0 Å². The van der Waals surface area contributed by atoms with Gasteiger partial charge < -0.3 is 9.64 Å². The quantitative estimate of drug-likeness (QED) is 0.115. The lowest BCUT2D eigenvalue weighted by atomic mass is 10.0. The van der Waals surface area contributed by atoms with Crippen molar-refractivity contribution in [3.63, 3.8) is 0 Å². The Morgan fingerprint density at radius 3 is 1.93 bits per heavy atom. The van der Waals surface area contributed by atoms with Crippen LogP contribution in [0, 0.1) is 0 Å². The Labute approximate surface area is 241 Å². The van der Waals surface area contributed by atoms with Crippen LogP contribution in [0.4, 0.5) is 5.82 Å². The Morgan fingerprint density at radius 2 is 1.38 bits per heavy atom. The number of hydrogen-bond donors (Lipinski definition) is 0. The smallest absolute Gasteiger partial charge is 0.306 e. The van der Waals surface area contributed by atoms with E-state index in [9.17, 15) is 14.4 Å². The van der Waals surface area contributed by atoms with E-state index in [1.807, 2.05) is 18.2 Å². The van der Waals surface area contributed by atoms with Gasteiger partial charge in [-0.2, -0.15) is 0 Å². The second-order valence-electron chi connectivity index (χ2n) is 11.5. The van der Waals surface area contributed by atoms with Crippen molar-refractivity contribution < 1.29 is 19.1 Å². The minimum Gasteiger partial charge on any atom is -0.459 e. The van der Waals surface area contributed by atoms with Crippen LogP contribution < -0.4 is 4.90 Å². The molecule has 3 rings (SSSR count). The summed E-state index contributed by atoms with van der Waals surface area (Å²) < 4.78 is 5.88. The number of anilines is 1. The summed E-state index contributed by atoms with van der Waals surface area (Å²) in [6.45, 7) is 6.23. The maximum atomic E-state index is 12.7. The number of rotatable bonds is 20. The van der Waals surface area contributed by atoms with Gasteiger partial charge >= 0.3 is 5.97 Å². The summed E-state index contributed by atoms with van der Waals surface area (Å²) in [7, 11) is 0. The second kappa shape index (κ2) is 18.8. The highest BCUT2D eigenvalue weighted by molar-refractivity contribution is 6.01. The number of nitrogens with zero attached hydrogens (tertiary/aromatic N) is 4. The Hall–Kier alpha value is -2.48. The molecule has 40 heavy (non-hydrogen) atoms. The molecule has 2 aliphatic rings. The third-order valence-electron chi connectivity index (χ3n) is 8.13. The Bertz CT molecular complexity index is 857. The average molecular weight is 557 g/mol. The standard InChI is InChI=1S/C32H52N4O4/c1-2-3-4-5-6-7-8-9-10-11-12-13-14-18-32(39)40-28(27-36-30(37)19-20-31(36)38)26-34-22-24-35(25-23-34)29-17-15-16-21-33-29/h15-17,21,28H,2-14,18-20,22-27H2,1H3. The van der Waals surface area contributed by atoms with Crippen LogP contribution >= 0.6 is 0 Å². The highest BCUT2D eigenvalue weighted by Gasteiger charge is 2.33. The summed E-state index contributed by atoms with van der Waals surface area (Å²) in [6.07, 6.45) is 18.6. The van der Waals surface area contributed by atoms with Gasteiger partial charge in [0.05, 0.1) is 6.54 Å². The number of amides is 2. The van der Waals surface area contributed by atoms with Crippen LogP contribution in [0.1, 0.15) is 110 Å². The fourth-order valence-corrected chi connectivity index (χ4v) is 5.68. The first-order chi connectivity index (χ1) is 19.6. The predicted molar refractivity (Wildman–Crippen MR) is 159 cm³/mol. The van der Waals surface area contributed by atoms with Gasteiger partial charge in [0, 0.05) is 58.2 Å². The minimum absolute atomic E-state index is 0.155. The van der Waals surface area contributed by atoms with Crippen LogP contribution in [0.15, 0.2) is 24.4 Å². The molecule has 0 N–H and O–H groups in total. The third-order valence-corrected chi connectivity index (χ3v) is 8.13. The summed E-state index contributed by atoms with van der Waals surface area (Å²) in [5, 5.41) is 0. The summed E-state index contributed by atoms with van der Waals surface area (Å²) >= 11 is 0. The van der Waals surface area contributed by atoms with Gasteiger partial charge in [0.15, 0.2) is 0 Å². The molecule has 2 saturated heterocycles. The fraction of sp³-hybridized carbons (Fsp3) is 0.750. The van der Waals surface area contributed by atoms with Crippen molar-refractivity contribution in [1.29, 1.82) is 0 Å². The first-order valence-electron chi connectivity index (χ1n) is 16.0. The molecule has 0 spiro atoms. The first-order valence-corrected chi connectivity index (χ1v) is 16.0. The Morgan fingerprint density at radius 1 is 0.800 bits per heavy atom. The topological polar surface area (TPSA) is 83.1 Å². The maximum absolute atomic E-state index is 12.7. The van der Waals surface area contributed by atoms with Crippen LogP contribution in [0.25, 0.3) is 0 Å². The van der Waals surface area contributed by atoms with E-state index >= 15 is 0 Å². The number of aromatic nitrogens is 1. The zero-order valence-electron chi connectivity index (χ0n) is 24.9. The number of ether oxygens (including phenoxy) is 1. The van der Waals surface area contributed by atoms with Crippen molar-refractivity contribution in [3.8, 4) is 0 Å². The summed E-state index contributed by atoms with van der Waals surface area (Å²) in [5.41, 5.74) is 0. The maximum Gasteiger partial charge on any atom is 0.306 e. The van der Waals surface area contributed by atoms with E-state index in [1.54, 1.807) is 6.20 Å². The number of carbonyl (C=O) groups is 3. The highest BCUT2D eigenvalue weighted by Crippen LogP contribution is 2.17. The molecule has 2 fully saturated rings. The van der Waals surface area contributed by atoms with Crippen LogP contribution in [0.5, 0.6) is 0 Å². The van der Waals surface area contributed by atoms with E-state index < -0.39 is 6.10 Å². The summed E-state index contributed by atoms with van der Waals surface area (Å²) in [4.78, 5) is 47.4. The lowest BCUT2D eigenvalue weighted by Gasteiger charge is -2.37. The summed E-state index contributed by atoms with van der Waals surface area (Å²) in [6, 6.07) is 5.92. The normalized spacial score (nSPS) is 17.0. The van der Waals surface area contributed by atoms with Crippen LogP contribution in [-0.2, 0) is 19.1 Å². The molecule has 1 unspecified atom stereocenters. The molecule has 1 aromatic heterocycles. The molecule has 0 aromatic carbocycles. The molecule has 0 saturated carbocycles. The van der Waals surface area contributed by atoms with Crippen LogP contribution in [0.3, 0.4) is 0 Å². The van der Waals surface area contributed by atoms with E-state index in [0.29, 0.717) is 13.0 Å². The molecule has 3 heterocycles. The van der Waals surface area contributed by atoms with Gasteiger partial charge in [-0.3, -0.25) is 24.2 Å². The number of likely N-dealkylation sites (tertiary alicyclic amines) is 1. The fourth-order valence-electron chi connectivity index (χ4n) is 5.68. The SMILES string of the molecule is CCCCCCCCCCCCCCCC(=O)OC(CN1CCN(c2ccccn2)CC1)CN1C(=O)CCC1=O. The molecule has 0 radical (unpaired) electrons. The Balaban J connectivity index is 1.32. The molecule has 2 amide bonds. The highest BCUT2D eigenvalue weighted by atomic mass is 16.5. The molecule has 1 aromatic rings. The van der Waals surface area contributed by atoms with E-state index in [2.05, 4.69) is 21.7 Å². The van der Waals surface area contributed by atoms with Crippen molar-refractivity contribution in [3.05, 3.63) is 24.4 Å². The lowest BCUT2D eigenvalue weighted by Crippen LogP contribution is -2.51. The van der Waals surface area contributed by atoms with Crippen molar-refractivity contribution in [2.45, 2.75) is 116 Å². The zero-order valence-corrected chi connectivity index (χ0v) is 24.9.